The number of rotatable bonds is 5. The third kappa shape index (κ3) is 4.71. The number of benzene rings is 2. The van der Waals surface area contributed by atoms with Crippen LogP contribution in [0, 0.1) is 0 Å². The second-order valence-electron chi connectivity index (χ2n) is 4.48. The van der Waals surface area contributed by atoms with Crippen molar-refractivity contribution >= 4 is 39.7 Å². The lowest BCUT2D eigenvalue weighted by atomic mass is 10.2. The molecule has 0 aromatic heterocycles. The molecule has 0 aliphatic rings. The first-order chi connectivity index (χ1) is 11.0. The lowest BCUT2D eigenvalue weighted by Gasteiger charge is -2.07. The van der Waals surface area contributed by atoms with Crippen LogP contribution in [0.5, 0.6) is 11.5 Å². The third-order valence-electron chi connectivity index (χ3n) is 2.84. The van der Waals surface area contributed by atoms with Gasteiger partial charge in [-0.15, -0.1) is 0 Å². The van der Waals surface area contributed by atoms with Gasteiger partial charge in [-0.25, -0.2) is 5.43 Å². The van der Waals surface area contributed by atoms with Crippen LogP contribution in [0.3, 0.4) is 0 Å². The summed E-state index contributed by atoms with van der Waals surface area (Å²) in [5.41, 5.74) is 3.10. The third-order valence-corrected chi connectivity index (χ3v) is 3.57. The van der Waals surface area contributed by atoms with E-state index in [0.29, 0.717) is 22.9 Å². The number of hydrogen-bond donors (Lipinski definition) is 2. The van der Waals surface area contributed by atoms with Crippen molar-refractivity contribution in [3.8, 4) is 11.5 Å². The highest BCUT2D eigenvalue weighted by atomic mass is 79.9. The molecule has 0 bridgehead atoms. The van der Waals surface area contributed by atoms with E-state index in [1.165, 1.54) is 24.4 Å². The molecule has 2 aromatic rings. The van der Waals surface area contributed by atoms with Gasteiger partial charge in [-0.1, -0.05) is 27.5 Å². The van der Waals surface area contributed by atoms with Crippen LogP contribution in [0.4, 0.5) is 0 Å². The number of phenols is 1. The molecule has 0 fully saturated rings. The summed E-state index contributed by atoms with van der Waals surface area (Å²) in [7, 11) is 0. The van der Waals surface area contributed by atoms with Gasteiger partial charge in [-0.3, -0.25) is 4.79 Å². The second kappa shape index (κ2) is 7.99. The van der Waals surface area contributed by atoms with Gasteiger partial charge in [-0.05, 0) is 43.3 Å². The van der Waals surface area contributed by atoms with Crippen LogP contribution in [0.15, 0.2) is 46.0 Å². The van der Waals surface area contributed by atoms with E-state index in [9.17, 15) is 9.90 Å². The van der Waals surface area contributed by atoms with E-state index in [-0.39, 0.29) is 11.3 Å². The number of nitrogens with one attached hydrogen (secondary N) is 1. The normalized spacial score (nSPS) is 10.7. The lowest BCUT2D eigenvalue weighted by molar-refractivity contribution is 0.0952. The van der Waals surface area contributed by atoms with Crippen LogP contribution in [-0.4, -0.2) is 23.8 Å². The van der Waals surface area contributed by atoms with Gasteiger partial charge in [0, 0.05) is 15.1 Å². The van der Waals surface area contributed by atoms with E-state index < -0.39 is 5.91 Å². The molecular formula is C16H14BrClN2O3. The summed E-state index contributed by atoms with van der Waals surface area (Å²) >= 11 is 9.18. The molecule has 0 atom stereocenters. The monoisotopic (exact) mass is 396 g/mol. The van der Waals surface area contributed by atoms with E-state index in [1.54, 1.807) is 6.07 Å². The van der Waals surface area contributed by atoms with Gasteiger partial charge >= 0.3 is 0 Å². The number of halogens is 2. The van der Waals surface area contributed by atoms with Crippen LogP contribution in [0.25, 0.3) is 0 Å². The maximum absolute atomic E-state index is 12.0. The van der Waals surface area contributed by atoms with Gasteiger partial charge in [-0.2, -0.15) is 5.10 Å². The minimum absolute atomic E-state index is 0.0499. The van der Waals surface area contributed by atoms with Crippen molar-refractivity contribution in [1.29, 1.82) is 0 Å². The Morgan fingerprint density at radius 3 is 2.91 bits per heavy atom. The average Bonchev–Trinajstić information content (AvgIpc) is 2.52. The molecule has 0 aliphatic heterocycles. The number of carbonyl (C=O) groups excluding carboxylic acids is 1. The number of carbonyl (C=O) groups is 1. The quantitative estimate of drug-likeness (QED) is 0.592. The fraction of sp³-hybridized carbons (Fsp3) is 0.125. The number of aromatic hydroxyl groups is 1. The largest absolute Gasteiger partial charge is 0.507 e. The van der Waals surface area contributed by atoms with Crippen molar-refractivity contribution in [2.24, 2.45) is 5.10 Å². The summed E-state index contributed by atoms with van der Waals surface area (Å²) < 4.78 is 6.35. The number of hydrogen-bond acceptors (Lipinski definition) is 4. The second-order valence-corrected chi connectivity index (χ2v) is 5.83. The topological polar surface area (TPSA) is 70.9 Å². The highest BCUT2D eigenvalue weighted by Crippen LogP contribution is 2.22. The van der Waals surface area contributed by atoms with E-state index in [2.05, 4.69) is 26.5 Å². The van der Waals surface area contributed by atoms with Crippen molar-refractivity contribution in [2.75, 3.05) is 6.61 Å². The van der Waals surface area contributed by atoms with Crippen molar-refractivity contribution in [2.45, 2.75) is 6.92 Å². The summed E-state index contributed by atoms with van der Waals surface area (Å²) in [6, 6.07) is 9.68. The van der Waals surface area contributed by atoms with Gasteiger partial charge in [0.25, 0.3) is 5.91 Å². The van der Waals surface area contributed by atoms with Crippen molar-refractivity contribution in [3.05, 3.63) is 57.0 Å². The molecular weight excluding hydrogens is 384 g/mol. The predicted octanol–water partition coefficient (Wildman–Crippen LogP) is 3.97. The van der Waals surface area contributed by atoms with Crippen LogP contribution >= 0.6 is 27.5 Å². The molecule has 1 amide bonds. The number of amides is 1. The number of nitrogens with zero attached hydrogens (tertiary/aromatic N) is 1. The van der Waals surface area contributed by atoms with Crippen LogP contribution in [0.2, 0.25) is 5.02 Å². The number of phenolic OH excluding ortho intramolecular Hbond substituents is 1. The zero-order valence-electron chi connectivity index (χ0n) is 12.2. The SMILES string of the molecule is CCOc1ccc(Br)cc1C=NNC(=O)c1cc(Cl)ccc1O. The molecule has 2 rings (SSSR count). The van der Waals surface area contributed by atoms with Crippen molar-refractivity contribution in [3.63, 3.8) is 0 Å². The van der Waals surface area contributed by atoms with Crippen LogP contribution in [-0.2, 0) is 0 Å². The molecule has 2 N–H and O–H groups in total. The Morgan fingerprint density at radius 2 is 2.17 bits per heavy atom. The Kier molecular flexibility index (Phi) is 6.01. The average molecular weight is 398 g/mol. The highest BCUT2D eigenvalue weighted by molar-refractivity contribution is 9.10. The minimum atomic E-state index is -0.561. The first kappa shape index (κ1) is 17.3. The first-order valence-corrected chi connectivity index (χ1v) is 7.92. The highest BCUT2D eigenvalue weighted by Gasteiger charge is 2.11. The molecule has 0 saturated carbocycles. The summed E-state index contributed by atoms with van der Waals surface area (Å²) in [5, 5.41) is 13.9. The number of hydrazone groups is 1. The van der Waals surface area contributed by atoms with E-state index in [4.69, 9.17) is 16.3 Å². The fourth-order valence-corrected chi connectivity index (χ4v) is 2.37. The maximum atomic E-state index is 12.0. The zero-order chi connectivity index (χ0) is 16.8. The fourth-order valence-electron chi connectivity index (χ4n) is 1.82. The Balaban J connectivity index is 2.14. The Bertz CT molecular complexity index is 750. The molecule has 23 heavy (non-hydrogen) atoms. The smallest absolute Gasteiger partial charge is 0.275 e. The molecule has 0 aliphatic carbocycles. The van der Waals surface area contributed by atoms with Crippen molar-refractivity contribution in [1.82, 2.24) is 5.43 Å². The molecule has 2 aromatic carbocycles. The van der Waals surface area contributed by atoms with Crippen LogP contribution in [0.1, 0.15) is 22.8 Å². The van der Waals surface area contributed by atoms with E-state index in [0.717, 1.165) is 4.47 Å². The summed E-state index contributed by atoms with van der Waals surface area (Å²) in [6.45, 7) is 2.40. The molecule has 120 valence electrons. The summed E-state index contributed by atoms with van der Waals surface area (Å²) in [6.07, 6.45) is 1.47. The van der Waals surface area contributed by atoms with Gasteiger partial charge in [0.05, 0.1) is 18.4 Å². The molecule has 5 nitrogen and oxygen atoms in total. The minimum Gasteiger partial charge on any atom is -0.507 e. The number of ether oxygens (including phenoxy) is 1. The molecule has 0 saturated heterocycles. The van der Waals surface area contributed by atoms with E-state index >= 15 is 0 Å². The summed E-state index contributed by atoms with van der Waals surface area (Å²) in [5.74, 6) is -0.0759. The molecule has 0 spiro atoms. The van der Waals surface area contributed by atoms with Gasteiger partial charge in [0.2, 0.25) is 0 Å². The standard InChI is InChI=1S/C16H14BrClN2O3/c1-2-23-15-6-3-11(17)7-10(15)9-19-20-16(22)13-8-12(18)4-5-14(13)21/h3-9,21H,2H2,1H3,(H,20,22). The maximum Gasteiger partial charge on any atom is 0.275 e. The first-order valence-electron chi connectivity index (χ1n) is 6.75. The van der Waals surface area contributed by atoms with Gasteiger partial charge in [0.15, 0.2) is 0 Å². The van der Waals surface area contributed by atoms with Gasteiger partial charge < -0.3 is 9.84 Å². The Morgan fingerprint density at radius 1 is 1.39 bits per heavy atom. The van der Waals surface area contributed by atoms with Crippen LogP contribution < -0.4 is 10.2 Å². The summed E-state index contributed by atoms with van der Waals surface area (Å²) in [4.78, 5) is 12.0. The van der Waals surface area contributed by atoms with Crippen molar-refractivity contribution < 1.29 is 14.6 Å². The molecule has 0 radical (unpaired) electrons. The Labute approximate surface area is 147 Å². The van der Waals surface area contributed by atoms with E-state index in [1.807, 2.05) is 19.1 Å². The lowest BCUT2D eigenvalue weighted by Crippen LogP contribution is -2.17. The predicted molar refractivity (Wildman–Crippen MR) is 93.5 cm³/mol. The molecule has 0 heterocycles. The molecule has 7 heteroatoms. The Hall–Kier alpha value is -2.05. The zero-order valence-corrected chi connectivity index (χ0v) is 14.6. The molecule has 0 unspecified atom stereocenters. The van der Waals surface area contributed by atoms with Gasteiger partial charge in [0.1, 0.15) is 11.5 Å².